The minimum absolute atomic E-state index is 0.0344. The Bertz CT molecular complexity index is 429. The first-order chi connectivity index (χ1) is 8.24. The summed E-state index contributed by atoms with van der Waals surface area (Å²) in [6, 6.07) is 0.250. The van der Waals surface area contributed by atoms with Crippen molar-refractivity contribution >= 4 is 5.82 Å². The van der Waals surface area contributed by atoms with E-state index in [1.807, 2.05) is 0 Å². The quantitative estimate of drug-likeness (QED) is 0.811. The van der Waals surface area contributed by atoms with Crippen LogP contribution in [0.3, 0.4) is 0 Å². The Morgan fingerprint density at radius 2 is 2.29 bits per heavy atom. The van der Waals surface area contributed by atoms with Crippen LogP contribution >= 0.6 is 0 Å². The van der Waals surface area contributed by atoms with Gasteiger partial charge in [0.1, 0.15) is 0 Å². The average molecular weight is 236 g/mol. The number of hydrogen-bond donors (Lipinski definition) is 1. The molecule has 1 saturated heterocycles. The zero-order valence-electron chi connectivity index (χ0n) is 10.3. The van der Waals surface area contributed by atoms with Crippen molar-refractivity contribution in [1.29, 1.82) is 0 Å². The molecule has 2 heterocycles. The first-order valence-corrected chi connectivity index (χ1v) is 6.22. The molecule has 1 atom stereocenters. The van der Waals surface area contributed by atoms with Gasteiger partial charge in [-0.1, -0.05) is 12.8 Å². The molecule has 1 fully saturated rings. The lowest BCUT2D eigenvalue weighted by Gasteiger charge is -2.29. The third kappa shape index (κ3) is 2.49. The van der Waals surface area contributed by atoms with Crippen LogP contribution in [0, 0.1) is 0 Å². The van der Waals surface area contributed by atoms with Crippen molar-refractivity contribution in [3.05, 3.63) is 22.7 Å². The molecular formula is C12H20N4O. The van der Waals surface area contributed by atoms with Gasteiger partial charge in [0.05, 0.1) is 0 Å². The number of nitrogens with zero attached hydrogens (tertiary/aromatic N) is 3. The van der Waals surface area contributed by atoms with Crippen LogP contribution in [0.15, 0.2) is 17.2 Å². The fraction of sp³-hybridized carbons (Fsp3) is 0.667. The van der Waals surface area contributed by atoms with Crippen molar-refractivity contribution in [2.45, 2.75) is 31.7 Å². The number of aryl methyl sites for hydroxylation is 1. The Morgan fingerprint density at radius 3 is 3.06 bits per heavy atom. The highest BCUT2D eigenvalue weighted by atomic mass is 16.1. The topological polar surface area (TPSA) is 64.2 Å². The van der Waals surface area contributed by atoms with Crippen molar-refractivity contribution in [3.63, 3.8) is 0 Å². The zero-order valence-corrected chi connectivity index (χ0v) is 10.3. The minimum atomic E-state index is -0.0344. The Kier molecular flexibility index (Phi) is 3.78. The third-order valence-electron chi connectivity index (χ3n) is 3.42. The van der Waals surface area contributed by atoms with Gasteiger partial charge < -0.3 is 15.2 Å². The standard InChI is InChI=1S/C12H20N4O/c1-15-8-6-14-11(12(15)17)16-7-4-2-3-5-10(16)9-13/h6,8,10H,2-5,7,9,13H2,1H3. The lowest BCUT2D eigenvalue weighted by atomic mass is 10.1. The van der Waals surface area contributed by atoms with E-state index in [0.717, 1.165) is 19.4 Å². The van der Waals surface area contributed by atoms with Gasteiger partial charge in [-0.15, -0.1) is 0 Å². The van der Waals surface area contributed by atoms with Crippen LogP contribution < -0.4 is 16.2 Å². The number of anilines is 1. The van der Waals surface area contributed by atoms with Crippen molar-refractivity contribution < 1.29 is 0 Å². The lowest BCUT2D eigenvalue weighted by Crippen LogP contribution is -2.44. The molecule has 94 valence electrons. The van der Waals surface area contributed by atoms with Crippen LogP contribution in [0.1, 0.15) is 25.7 Å². The van der Waals surface area contributed by atoms with Gasteiger partial charge in [0.15, 0.2) is 5.82 Å². The predicted octanol–water partition coefficient (Wildman–Crippen LogP) is 0.488. The summed E-state index contributed by atoms with van der Waals surface area (Å²) in [6.45, 7) is 1.47. The summed E-state index contributed by atoms with van der Waals surface area (Å²) in [5.74, 6) is 0.548. The molecule has 1 aromatic heterocycles. The third-order valence-corrected chi connectivity index (χ3v) is 3.42. The molecule has 2 rings (SSSR count). The average Bonchev–Trinajstić information content (AvgIpc) is 2.57. The largest absolute Gasteiger partial charge is 0.348 e. The SMILES string of the molecule is Cn1ccnc(N2CCCCCC2CN)c1=O. The Balaban J connectivity index is 2.35. The van der Waals surface area contributed by atoms with Crippen LogP contribution in [-0.4, -0.2) is 28.7 Å². The van der Waals surface area contributed by atoms with E-state index in [9.17, 15) is 4.79 Å². The van der Waals surface area contributed by atoms with Gasteiger partial charge in [-0.2, -0.15) is 0 Å². The van der Waals surface area contributed by atoms with Gasteiger partial charge in [0.25, 0.3) is 5.56 Å². The Morgan fingerprint density at radius 1 is 1.47 bits per heavy atom. The maximum atomic E-state index is 12.1. The van der Waals surface area contributed by atoms with Crippen LogP contribution in [-0.2, 0) is 7.05 Å². The molecular weight excluding hydrogens is 216 g/mol. The second-order valence-electron chi connectivity index (χ2n) is 4.60. The van der Waals surface area contributed by atoms with E-state index in [1.165, 1.54) is 12.8 Å². The van der Waals surface area contributed by atoms with Crippen molar-refractivity contribution in [1.82, 2.24) is 9.55 Å². The second-order valence-corrected chi connectivity index (χ2v) is 4.60. The molecule has 0 spiro atoms. The molecule has 5 heteroatoms. The van der Waals surface area contributed by atoms with E-state index in [2.05, 4.69) is 9.88 Å². The summed E-state index contributed by atoms with van der Waals surface area (Å²) >= 11 is 0. The van der Waals surface area contributed by atoms with E-state index in [4.69, 9.17) is 5.73 Å². The molecule has 0 aromatic carbocycles. The van der Waals surface area contributed by atoms with Crippen molar-refractivity contribution in [2.24, 2.45) is 12.8 Å². The number of hydrogen-bond acceptors (Lipinski definition) is 4. The molecule has 2 N–H and O–H groups in total. The van der Waals surface area contributed by atoms with Crippen molar-refractivity contribution in [2.75, 3.05) is 18.0 Å². The molecule has 0 bridgehead atoms. The molecule has 1 aromatic rings. The highest BCUT2D eigenvalue weighted by molar-refractivity contribution is 5.37. The monoisotopic (exact) mass is 236 g/mol. The van der Waals surface area contributed by atoms with Crippen LogP contribution in [0.2, 0.25) is 0 Å². The molecule has 1 aliphatic rings. The number of rotatable bonds is 2. The zero-order chi connectivity index (χ0) is 12.3. The van der Waals surface area contributed by atoms with E-state index in [1.54, 1.807) is 24.0 Å². The molecule has 0 amide bonds. The van der Waals surface area contributed by atoms with Gasteiger partial charge in [0.2, 0.25) is 0 Å². The molecule has 0 radical (unpaired) electrons. The summed E-state index contributed by atoms with van der Waals surface area (Å²) < 4.78 is 1.57. The van der Waals surface area contributed by atoms with E-state index < -0.39 is 0 Å². The van der Waals surface area contributed by atoms with Gasteiger partial charge in [-0.05, 0) is 12.8 Å². The van der Waals surface area contributed by atoms with E-state index >= 15 is 0 Å². The molecule has 0 saturated carbocycles. The lowest BCUT2D eigenvalue weighted by molar-refractivity contribution is 0.571. The van der Waals surface area contributed by atoms with Gasteiger partial charge in [-0.25, -0.2) is 4.98 Å². The molecule has 1 aliphatic heterocycles. The summed E-state index contributed by atoms with van der Waals surface area (Å²) in [7, 11) is 1.75. The van der Waals surface area contributed by atoms with Gasteiger partial charge in [0, 0.05) is 38.6 Å². The summed E-state index contributed by atoms with van der Waals surface area (Å²) in [5, 5.41) is 0. The first-order valence-electron chi connectivity index (χ1n) is 6.22. The molecule has 1 unspecified atom stereocenters. The van der Waals surface area contributed by atoms with Crippen molar-refractivity contribution in [3.8, 4) is 0 Å². The normalized spacial score (nSPS) is 21.3. The molecule has 17 heavy (non-hydrogen) atoms. The smallest absolute Gasteiger partial charge is 0.293 e. The summed E-state index contributed by atoms with van der Waals surface area (Å²) in [4.78, 5) is 18.4. The minimum Gasteiger partial charge on any atom is -0.348 e. The maximum absolute atomic E-state index is 12.1. The van der Waals surface area contributed by atoms with Gasteiger partial charge in [-0.3, -0.25) is 4.79 Å². The van der Waals surface area contributed by atoms with Gasteiger partial charge >= 0.3 is 0 Å². The highest BCUT2D eigenvalue weighted by Gasteiger charge is 2.23. The second kappa shape index (κ2) is 5.31. The van der Waals surface area contributed by atoms with E-state index in [0.29, 0.717) is 12.4 Å². The fourth-order valence-corrected chi connectivity index (χ4v) is 2.38. The summed E-state index contributed by atoms with van der Waals surface area (Å²) in [6.07, 6.45) is 7.91. The number of aromatic nitrogens is 2. The highest BCUT2D eigenvalue weighted by Crippen LogP contribution is 2.19. The van der Waals surface area contributed by atoms with E-state index in [-0.39, 0.29) is 11.6 Å². The maximum Gasteiger partial charge on any atom is 0.293 e. The number of nitrogens with two attached hydrogens (primary N) is 1. The van der Waals surface area contributed by atoms with Crippen LogP contribution in [0.4, 0.5) is 5.82 Å². The molecule has 0 aliphatic carbocycles. The predicted molar refractivity (Wildman–Crippen MR) is 68.1 cm³/mol. The fourth-order valence-electron chi connectivity index (χ4n) is 2.38. The molecule has 5 nitrogen and oxygen atoms in total. The Labute approximate surface area is 101 Å². The Hall–Kier alpha value is -1.36. The van der Waals surface area contributed by atoms with Crippen LogP contribution in [0.5, 0.6) is 0 Å². The first kappa shape index (κ1) is 12.1. The van der Waals surface area contributed by atoms with Crippen LogP contribution in [0.25, 0.3) is 0 Å². The summed E-state index contributed by atoms with van der Waals surface area (Å²) in [5.41, 5.74) is 5.78.